The molecule has 0 fully saturated rings. The third kappa shape index (κ3) is 5.53. The molecule has 0 aromatic heterocycles. The summed E-state index contributed by atoms with van der Waals surface area (Å²) in [7, 11) is 1.40. The summed E-state index contributed by atoms with van der Waals surface area (Å²) in [5.41, 5.74) is 1.38. The van der Waals surface area contributed by atoms with E-state index in [2.05, 4.69) is 5.32 Å². The van der Waals surface area contributed by atoms with Gasteiger partial charge in [0.1, 0.15) is 0 Å². The molecule has 0 aromatic rings. The Morgan fingerprint density at radius 2 is 2.00 bits per heavy atom. The third-order valence-electron chi connectivity index (χ3n) is 2.34. The molecule has 2 N–H and O–H groups in total. The zero-order valence-corrected chi connectivity index (χ0v) is 10.8. The molecule has 0 radical (unpaired) electrons. The minimum atomic E-state index is -0.193. The topological polar surface area (TPSA) is 62.2 Å². The van der Waals surface area contributed by atoms with E-state index in [-0.39, 0.29) is 17.8 Å². The highest BCUT2D eigenvalue weighted by atomic mass is 16.5. The molecule has 0 spiro atoms. The molecule has 0 aliphatic rings. The predicted molar refractivity (Wildman–Crippen MR) is 65.5 cm³/mol. The van der Waals surface area contributed by atoms with Crippen molar-refractivity contribution in [2.75, 3.05) is 13.7 Å². The van der Waals surface area contributed by atoms with Crippen molar-refractivity contribution in [2.24, 2.45) is 11.8 Å². The van der Waals surface area contributed by atoms with E-state index in [1.165, 1.54) is 7.11 Å². The molecule has 0 amide bonds. The van der Waals surface area contributed by atoms with Gasteiger partial charge in [0.25, 0.3) is 0 Å². The quantitative estimate of drug-likeness (QED) is 0.537. The predicted octanol–water partition coefficient (Wildman–Crippen LogP) is 1.96. The lowest BCUT2D eigenvalue weighted by Gasteiger charge is -2.19. The second kappa shape index (κ2) is 7.04. The minimum Gasteiger partial charge on any atom is -0.469 e. The molecular formula is C12H22N2O2. The largest absolute Gasteiger partial charge is 0.469 e. The first kappa shape index (κ1) is 14.7. The van der Waals surface area contributed by atoms with E-state index in [0.29, 0.717) is 12.3 Å². The fourth-order valence-corrected chi connectivity index (χ4v) is 1.39. The second-order valence-electron chi connectivity index (χ2n) is 4.26. The van der Waals surface area contributed by atoms with Crippen LogP contribution in [-0.2, 0) is 9.53 Å². The second-order valence-corrected chi connectivity index (χ2v) is 4.26. The van der Waals surface area contributed by atoms with Gasteiger partial charge in [-0.25, -0.2) is 0 Å². The summed E-state index contributed by atoms with van der Waals surface area (Å²) in [6.07, 6.45) is 1.73. The van der Waals surface area contributed by atoms with Gasteiger partial charge in [-0.15, -0.1) is 0 Å². The van der Waals surface area contributed by atoms with Crippen molar-refractivity contribution in [2.45, 2.75) is 27.7 Å². The van der Waals surface area contributed by atoms with Crippen LogP contribution in [0.25, 0.3) is 0 Å². The summed E-state index contributed by atoms with van der Waals surface area (Å²) < 4.78 is 4.75. The molecule has 92 valence electrons. The highest BCUT2D eigenvalue weighted by Crippen LogP contribution is 2.11. The molecular weight excluding hydrogens is 204 g/mol. The normalized spacial score (nSPS) is 13.5. The van der Waals surface area contributed by atoms with E-state index in [4.69, 9.17) is 10.1 Å². The maximum atomic E-state index is 11.5. The van der Waals surface area contributed by atoms with Crippen molar-refractivity contribution in [3.05, 3.63) is 11.8 Å². The fraction of sp³-hybridized carbons (Fsp3) is 0.667. The summed E-state index contributed by atoms with van der Waals surface area (Å²) in [6.45, 7) is 8.12. The van der Waals surface area contributed by atoms with E-state index in [0.717, 1.165) is 5.70 Å². The number of carbonyl (C=O) groups excluding carboxylic acids is 1. The lowest BCUT2D eigenvalue weighted by molar-refractivity contribution is -0.146. The highest BCUT2D eigenvalue weighted by molar-refractivity contribution is 5.90. The van der Waals surface area contributed by atoms with E-state index in [9.17, 15) is 4.79 Å². The highest BCUT2D eigenvalue weighted by Gasteiger charge is 2.22. The number of carbonyl (C=O) groups is 1. The Labute approximate surface area is 97.6 Å². The number of allylic oxidation sites excluding steroid dienone is 2. The molecule has 0 bridgehead atoms. The Bertz CT molecular complexity index is 283. The maximum absolute atomic E-state index is 11.5. The van der Waals surface area contributed by atoms with Gasteiger partial charge in [0.2, 0.25) is 0 Å². The first-order valence-corrected chi connectivity index (χ1v) is 5.43. The lowest BCUT2D eigenvalue weighted by atomic mass is 9.96. The Kier molecular flexibility index (Phi) is 6.46. The van der Waals surface area contributed by atoms with E-state index >= 15 is 0 Å². The molecule has 0 rings (SSSR count). The average Bonchev–Trinajstić information content (AvgIpc) is 2.15. The van der Waals surface area contributed by atoms with Gasteiger partial charge in [0.15, 0.2) is 0 Å². The Morgan fingerprint density at radius 3 is 2.38 bits per heavy atom. The molecule has 0 saturated carbocycles. The van der Waals surface area contributed by atoms with E-state index in [1.807, 2.05) is 20.8 Å². The first-order valence-electron chi connectivity index (χ1n) is 5.43. The van der Waals surface area contributed by atoms with Gasteiger partial charge in [0, 0.05) is 18.0 Å². The summed E-state index contributed by atoms with van der Waals surface area (Å²) in [5, 5.41) is 10.4. The van der Waals surface area contributed by atoms with E-state index < -0.39 is 0 Å². The summed E-state index contributed by atoms with van der Waals surface area (Å²) in [4.78, 5) is 11.5. The van der Waals surface area contributed by atoms with Crippen LogP contribution in [0.4, 0.5) is 0 Å². The SMILES string of the molecule is COC(=O)C(CN/C(C)=C\C(C)=N)C(C)C. The van der Waals surface area contributed by atoms with Gasteiger partial charge in [-0.2, -0.15) is 0 Å². The maximum Gasteiger partial charge on any atom is 0.310 e. The summed E-state index contributed by atoms with van der Waals surface area (Å²) in [6, 6.07) is 0. The van der Waals surface area contributed by atoms with E-state index in [1.54, 1.807) is 13.0 Å². The van der Waals surface area contributed by atoms with Crippen molar-refractivity contribution < 1.29 is 9.53 Å². The molecule has 0 aliphatic carbocycles. The van der Waals surface area contributed by atoms with Crippen LogP contribution < -0.4 is 5.32 Å². The molecule has 0 aromatic carbocycles. The van der Waals surface area contributed by atoms with Gasteiger partial charge >= 0.3 is 5.97 Å². The number of methoxy groups -OCH3 is 1. The number of nitrogens with one attached hydrogen (secondary N) is 2. The summed E-state index contributed by atoms with van der Waals surface area (Å²) in [5.74, 6) is -0.116. The third-order valence-corrected chi connectivity index (χ3v) is 2.34. The number of hydrogen-bond donors (Lipinski definition) is 2. The van der Waals surface area contributed by atoms with Crippen LogP contribution in [0.5, 0.6) is 0 Å². The molecule has 0 saturated heterocycles. The fourth-order valence-electron chi connectivity index (χ4n) is 1.39. The van der Waals surface area contributed by atoms with Gasteiger partial charge < -0.3 is 15.5 Å². The Morgan fingerprint density at radius 1 is 1.44 bits per heavy atom. The van der Waals surface area contributed by atoms with Crippen LogP contribution >= 0.6 is 0 Å². The van der Waals surface area contributed by atoms with Crippen molar-refractivity contribution in [1.29, 1.82) is 5.41 Å². The molecule has 0 heterocycles. The van der Waals surface area contributed by atoms with Crippen LogP contribution in [0.2, 0.25) is 0 Å². The number of ether oxygens (including phenoxy) is 1. The van der Waals surface area contributed by atoms with Gasteiger partial charge in [-0.3, -0.25) is 4.79 Å². The number of esters is 1. The molecule has 1 atom stereocenters. The standard InChI is InChI=1S/C12H22N2O2/c1-8(2)11(12(15)16-5)7-14-10(4)6-9(3)13/h6,8,11,13-14H,7H2,1-5H3/b10-6-,13-9?. The lowest BCUT2D eigenvalue weighted by Crippen LogP contribution is -2.32. The molecule has 1 unspecified atom stereocenters. The van der Waals surface area contributed by atoms with Crippen LogP contribution in [0, 0.1) is 17.2 Å². The minimum absolute atomic E-state index is 0.153. The summed E-state index contributed by atoms with van der Waals surface area (Å²) >= 11 is 0. The Balaban J connectivity index is 4.33. The molecule has 16 heavy (non-hydrogen) atoms. The zero-order chi connectivity index (χ0) is 12.7. The van der Waals surface area contributed by atoms with Gasteiger partial charge in [-0.05, 0) is 25.8 Å². The zero-order valence-electron chi connectivity index (χ0n) is 10.8. The molecule has 0 aliphatic heterocycles. The Hall–Kier alpha value is -1.32. The monoisotopic (exact) mass is 226 g/mol. The van der Waals surface area contributed by atoms with Gasteiger partial charge in [-0.1, -0.05) is 13.8 Å². The van der Waals surface area contributed by atoms with Crippen molar-refractivity contribution in [3.8, 4) is 0 Å². The van der Waals surface area contributed by atoms with Crippen LogP contribution in [-0.4, -0.2) is 25.3 Å². The van der Waals surface area contributed by atoms with Crippen molar-refractivity contribution >= 4 is 11.7 Å². The van der Waals surface area contributed by atoms with Gasteiger partial charge in [0.05, 0.1) is 13.0 Å². The number of hydrogen-bond acceptors (Lipinski definition) is 4. The average molecular weight is 226 g/mol. The van der Waals surface area contributed by atoms with Crippen LogP contribution in [0.15, 0.2) is 11.8 Å². The van der Waals surface area contributed by atoms with Crippen LogP contribution in [0.3, 0.4) is 0 Å². The molecule has 4 nitrogen and oxygen atoms in total. The molecule has 4 heteroatoms. The number of rotatable bonds is 6. The van der Waals surface area contributed by atoms with Crippen LogP contribution in [0.1, 0.15) is 27.7 Å². The van der Waals surface area contributed by atoms with Crippen molar-refractivity contribution in [1.82, 2.24) is 5.32 Å². The van der Waals surface area contributed by atoms with Crippen molar-refractivity contribution in [3.63, 3.8) is 0 Å². The smallest absolute Gasteiger partial charge is 0.310 e. The first-order chi connectivity index (χ1) is 7.38.